The number of rotatable bonds is 3. The van der Waals surface area contributed by atoms with Gasteiger partial charge in [-0.3, -0.25) is 4.79 Å². The Morgan fingerprint density at radius 2 is 2.29 bits per heavy atom. The van der Waals surface area contributed by atoms with Gasteiger partial charge in [-0.1, -0.05) is 0 Å². The molecule has 5 heteroatoms. The molecule has 0 aromatic carbocycles. The average molecular weight is 199 g/mol. The van der Waals surface area contributed by atoms with Crippen LogP contribution in [0.2, 0.25) is 0 Å². The largest absolute Gasteiger partial charge is 0.359 e. The monoisotopic (exact) mass is 199 g/mol. The highest BCUT2D eigenvalue weighted by Gasteiger charge is 2.32. The Morgan fingerprint density at radius 3 is 2.71 bits per heavy atom. The lowest BCUT2D eigenvalue weighted by atomic mass is 9.92. The highest BCUT2D eigenvalue weighted by Crippen LogP contribution is 2.18. The van der Waals surface area contributed by atoms with Crippen LogP contribution in [0.4, 0.5) is 4.79 Å². The third kappa shape index (κ3) is 2.16. The minimum Gasteiger partial charge on any atom is -0.359 e. The van der Waals surface area contributed by atoms with Gasteiger partial charge in [-0.2, -0.15) is 0 Å². The van der Waals surface area contributed by atoms with Gasteiger partial charge < -0.3 is 15.5 Å². The fraction of sp³-hybridized carbons (Fsp3) is 0.778. The molecule has 0 radical (unpaired) electrons. The maximum atomic E-state index is 11.5. The van der Waals surface area contributed by atoms with Crippen molar-refractivity contribution in [3.05, 3.63) is 0 Å². The molecule has 0 atom stereocenters. The number of nitrogens with one attached hydrogen (secondary N) is 2. The second-order valence-electron chi connectivity index (χ2n) is 4.12. The molecule has 0 aromatic heterocycles. The van der Waals surface area contributed by atoms with E-state index in [9.17, 15) is 9.59 Å². The molecule has 0 unspecified atom stereocenters. The zero-order valence-electron chi connectivity index (χ0n) is 8.89. The Kier molecular flexibility index (Phi) is 2.98. The lowest BCUT2D eigenvalue weighted by molar-refractivity contribution is -0.129. The highest BCUT2D eigenvalue weighted by molar-refractivity contribution is 5.83. The summed E-state index contributed by atoms with van der Waals surface area (Å²) in [4.78, 5) is 24.4. The summed E-state index contributed by atoms with van der Waals surface area (Å²) < 4.78 is 0. The molecule has 1 aliphatic heterocycles. The molecule has 1 saturated heterocycles. The van der Waals surface area contributed by atoms with Crippen LogP contribution in [0.3, 0.4) is 0 Å². The third-order valence-corrected chi connectivity index (χ3v) is 2.37. The smallest absolute Gasteiger partial charge is 0.317 e. The molecule has 1 heterocycles. The molecule has 0 saturated carbocycles. The van der Waals surface area contributed by atoms with Crippen LogP contribution in [-0.4, -0.2) is 43.5 Å². The molecule has 0 aromatic rings. The first-order valence-corrected chi connectivity index (χ1v) is 4.72. The van der Waals surface area contributed by atoms with Gasteiger partial charge in [0.05, 0.1) is 5.41 Å². The minimum atomic E-state index is -0.531. The fourth-order valence-electron chi connectivity index (χ4n) is 1.55. The number of carbonyl (C=O) groups is 2. The Labute approximate surface area is 83.8 Å². The average Bonchev–Trinajstić information content (AvgIpc) is 2.50. The van der Waals surface area contributed by atoms with E-state index >= 15 is 0 Å². The molecule has 2 N–H and O–H groups in total. The van der Waals surface area contributed by atoms with Crippen molar-refractivity contribution in [2.24, 2.45) is 5.41 Å². The zero-order chi connectivity index (χ0) is 10.8. The van der Waals surface area contributed by atoms with Crippen molar-refractivity contribution in [3.63, 3.8) is 0 Å². The zero-order valence-corrected chi connectivity index (χ0v) is 8.89. The summed E-state index contributed by atoms with van der Waals surface area (Å²) in [5, 5.41) is 5.30. The summed E-state index contributed by atoms with van der Waals surface area (Å²) in [6.45, 7) is 5.47. The van der Waals surface area contributed by atoms with Gasteiger partial charge in [-0.05, 0) is 13.8 Å². The normalized spacial score (nSPS) is 16.8. The number of carbonyl (C=O) groups excluding carboxylic acids is 2. The van der Waals surface area contributed by atoms with Crippen molar-refractivity contribution in [1.29, 1.82) is 0 Å². The molecular formula is C9H17N3O2. The van der Waals surface area contributed by atoms with Gasteiger partial charge in [0.25, 0.3) is 0 Å². The van der Waals surface area contributed by atoms with Crippen molar-refractivity contribution in [2.45, 2.75) is 13.8 Å². The third-order valence-electron chi connectivity index (χ3n) is 2.37. The molecule has 1 rings (SSSR count). The second kappa shape index (κ2) is 3.86. The summed E-state index contributed by atoms with van der Waals surface area (Å²) in [6.07, 6.45) is 0. The van der Waals surface area contributed by atoms with Crippen LogP contribution in [0.5, 0.6) is 0 Å². The van der Waals surface area contributed by atoms with Crippen LogP contribution < -0.4 is 10.6 Å². The number of urea groups is 1. The fourth-order valence-corrected chi connectivity index (χ4v) is 1.55. The maximum absolute atomic E-state index is 11.5. The number of hydrogen-bond donors (Lipinski definition) is 2. The van der Waals surface area contributed by atoms with E-state index in [1.54, 1.807) is 11.9 Å². The molecule has 80 valence electrons. The molecule has 1 aliphatic rings. The van der Waals surface area contributed by atoms with Gasteiger partial charge in [0, 0.05) is 26.7 Å². The van der Waals surface area contributed by atoms with Crippen molar-refractivity contribution in [2.75, 3.05) is 26.7 Å². The Morgan fingerprint density at radius 1 is 1.64 bits per heavy atom. The number of amides is 3. The topological polar surface area (TPSA) is 61.4 Å². The molecule has 0 aliphatic carbocycles. The summed E-state index contributed by atoms with van der Waals surface area (Å²) in [5.74, 6) is -0.0443. The first-order valence-electron chi connectivity index (χ1n) is 4.72. The lowest BCUT2D eigenvalue weighted by Crippen LogP contribution is -2.44. The molecule has 3 amide bonds. The first-order chi connectivity index (χ1) is 6.47. The number of hydrogen-bond acceptors (Lipinski definition) is 2. The standard InChI is InChI=1S/C9H17N3O2/c1-9(2,7(13)10-3)6-12-5-4-11-8(12)14/h4-6H2,1-3H3,(H,10,13)(H,11,14). The van der Waals surface area contributed by atoms with Crippen molar-refractivity contribution >= 4 is 11.9 Å². The molecule has 0 spiro atoms. The van der Waals surface area contributed by atoms with E-state index in [2.05, 4.69) is 10.6 Å². The van der Waals surface area contributed by atoms with Gasteiger partial charge in [0.2, 0.25) is 5.91 Å². The van der Waals surface area contributed by atoms with Crippen molar-refractivity contribution in [1.82, 2.24) is 15.5 Å². The predicted octanol–water partition coefficient (Wildman–Crippen LogP) is -0.216. The minimum absolute atomic E-state index is 0.0443. The van der Waals surface area contributed by atoms with Gasteiger partial charge in [-0.15, -0.1) is 0 Å². The van der Waals surface area contributed by atoms with Crippen LogP contribution >= 0.6 is 0 Å². The summed E-state index contributed by atoms with van der Waals surface area (Å²) in [5.41, 5.74) is -0.531. The van der Waals surface area contributed by atoms with Gasteiger partial charge in [0.15, 0.2) is 0 Å². The molecule has 5 nitrogen and oxygen atoms in total. The van der Waals surface area contributed by atoms with Gasteiger partial charge >= 0.3 is 6.03 Å². The molecule has 14 heavy (non-hydrogen) atoms. The Hall–Kier alpha value is -1.26. The lowest BCUT2D eigenvalue weighted by Gasteiger charge is -2.27. The Bertz CT molecular complexity index is 250. The second-order valence-corrected chi connectivity index (χ2v) is 4.12. The first kappa shape index (κ1) is 10.8. The van der Waals surface area contributed by atoms with Crippen LogP contribution in [0.15, 0.2) is 0 Å². The quantitative estimate of drug-likeness (QED) is 0.660. The van der Waals surface area contributed by atoms with E-state index in [1.165, 1.54) is 0 Å². The molecular weight excluding hydrogens is 182 g/mol. The predicted molar refractivity (Wildman–Crippen MR) is 52.8 cm³/mol. The van der Waals surface area contributed by atoms with E-state index in [-0.39, 0.29) is 11.9 Å². The number of nitrogens with zero attached hydrogens (tertiary/aromatic N) is 1. The summed E-state index contributed by atoms with van der Waals surface area (Å²) in [6, 6.07) is -0.0815. The maximum Gasteiger partial charge on any atom is 0.317 e. The van der Waals surface area contributed by atoms with E-state index in [1.807, 2.05) is 13.8 Å². The van der Waals surface area contributed by atoms with Gasteiger partial charge in [0.1, 0.15) is 0 Å². The van der Waals surface area contributed by atoms with Gasteiger partial charge in [-0.25, -0.2) is 4.79 Å². The van der Waals surface area contributed by atoms with Crippen LogP contribution in [0.25, 0.3) is 0 Å². The van der Waals surface area contributed by atoms with Crippen LogP contribution in [0, 0.1) is 5.41 Å². The summed E-state index contributed by atoms with van der Waals surface area (Å²) >= 11 is 0. The van der Waals surface area contributed by atoms with Crippen molar-refractivity contribution < 1.29 is 9.59 Å². The summed E-state index contributed by atoms with van der Waals surface area (Å²) in [7, 11) is 1.61. The van der Waals surface area contributed by atoms with Crippen LogP contribution in [0.1, 0.15) is 13.8 Å². The molecule has 1 fully saturated rings. The van der Waals surface area contributed by atoms with E-state index in [0.29, 0.717) is 19.6 Å². The van der Waals surface area contributed by atoms with Crippen molar-refractivity contribution in [3.8, 4) is 0 Å². The van der Waals surface area contributed by atoms with E-state index in [4.69, 9.17) is 0 Å². The highest BCUT2D eigenvalue weighted by atomic mass is 16.2. The SMILES string of the molecule is CNC(=O)C(C)(C)CN1CCNC1=O. The Balaban J connectivity index is 2.58. The molecule has 0 bridgehead atoms. The van der Waals surface area contributed by atoms with Crippen LogP contribution in [-0.2, 0) is 4.79 Å². The van der Waals surface area contributed by atoms with E-state index < -0.39 is 5.41 Å². The van der Waals surface area contributed by atoms with E-state index in [0.717, 1.165) is 0 Å².